The average molecular weight is 395 g/mol. The molecule has 140 valence electrons. The second-order valence-corrected chi connectivity index (χ2v) is 8.28. The summed E-state index contributed by atoms with van der Waals surface area (Å²) in [5, 5.41) is 6.21. The lowest BCUT2D eigenvalue weighted by atomic mass is 10.1. The molecule has 1 heterocycles. The van der Waals surface area contributed by atoms with Crippen molar-refractivity contribution in [3.05, 3.63) is 65.7 Å². The maximum Gasteiger partial charge on any atom is 0.251 e. The van der Waals surface area contributed by atoms with Crippen LogP contribution >= 0.6 is 12.4 Å². The van der Waals surface area contributed by atoms with Crippen molar-refractivity contribution in [3.63, 3.8) is 0 Å². The first kappa shape index (κ1) is 20.4. The summed E-state index contributed by atoms with van der Waals surface area (Å²) in [5.74, 6) is -0.309. The number of carbonyl (C=O) groups is 1. The normalized spacial score (nSPS) is 17.2. The van der Waals surface area contributed by atoms with Crippen molar-refractivity contribution >= 4 is 28.2 Å². The van der Waals surface area contributed by atoms with E-state index in [0.29, 0.717) is 5.56 Å². The van der Waals surface area contributed by atoms with Gasteiger partial charge < -0.3 is 10.6 Å². The molecule has 0 aromatic heterocycles. The summed E-state index contributed by atoms with van der Waals surface area (Å²) >= 11 is 0. The Bertz CT molecular complexity index is 835. The minimum atomic E-state index is -3.49. The molecule has 0 spiro atoms. The number of halogens is 1. The number of amides is 1. The van der Waals surface area contributed by atoms with Crippen molar-refractivity contribution < 1.29 is 13.2 Å². The molecule has 0 bridgehead atoms. The Balaban J connectivity index is 0.00000243. The van der Waals surface area contributed by atoms with Crippen LogP contribution < -0.4 is 10.6 Å². The predicted molar refractivity (Wildman–Crippen MR) is 104 cm³/mol. The van der Waals surface area contributed by atoms with E-state index in [4.69, 9.17) is 0 Å². The Morgan fingerprint density at radius 1 is 1.12 bits per heavy atom. The summed E-state index contributed by atoms with van der Waals surface area (Å²) in [6.45, 7) is 1.72. The first-order valence-electron chi connectivity index (χ1n) is 8.43. The SMILES string of the molecule is Cl.O=C(NC1CCCNC1)c1cccc(S(=O)(=O)Cc2ccccc2)c1. The molecule has 1 unspecified atom stereocenters. The first-order valence-corrected chi connectivity index (χ1v) is 10.1. The second kappa shape index (κ2) is 9.16. The second-order valence-electron chi connectivity index (χ2n) is 6.29. The Hall–Kier alpha value is -1.89. The Morgan fingerprint density at radius 2 is 1.88 bits per heavy atom. The van der Waals surface area contributed by atoms with Crippen LogP contribution in [0.4, 0.5) is 0 Å². The highest BCUT2D eigenvalue weighted by atomic mass is 35.5. The minimum Gasteiger partial charge on any atom is -0.348 e. The van der Waals surface area contributed by atoms with Gasteiger partial charge in [-0.25, -0.2) is 8.42 Å². The lowest BCUT2D eigenvalue weighted by Gasteiger charge is -2.23. The molecule has 1 aliphatic heterocycles. The molecule has 5 nitrogen and oxygen atoms in total. The number of piperidine rings is 1. The molecule has 1 atom stereocenters. The van der Waals surface area contributed by atoms with Gasteiger partial charge >= 0.3 is 0 Å². The highest BCUT2D eigenvalue weighted by Gasteiger charge is 2.19. The van der Waals surface area contributed by atoms with Crippen LogP contribution in [0.2, 0.25) is 0 Å². The van der Waals surface area contributed by atoms with E-state index >= 15 is 0 Å². The third-order valence-electron chi connectivity index (χ3n) is 4.29. The Morgan fingerprint density at radius 3 is 2.58 bits per heavy atom. The summed E-state index contributed by atoms with van der Waals surface area (Å²) in [6, 6.07) is 15.4. The minimum absolute atomic E-state index is 0. The fourth-order valence-corrected chi connectivity index (χ4v) is 4.34. The molecule has 1 saturated heterocycles. The van der Waals surface area contributed by atoms with Gasteiger partial charge in [-0.2, -0.15) is 0 Å². The van der Waals surface area contributed by atoms with Crippen LogP contribution in [0.15, 0.2) is 59.5 Å². The van der Waals surface area contributed by atoms with E-state index in [1.54, 1.807) is 24.3 Å². The lowest BCUT2D eigenvalue weighted by Crippen LogP contribution is -2.45. The summed E-state index contributed by atoms with van der Waals surface area (Å²) in [4.78, 5) is 12.6. The molecule has 1 fully saturated rings. The van der Waals surface area contributed by atoms with Gasteiger partial charge in [-0.15, -0.1) is 12.4 Å². The van der Waals surface area contributed by atoms with E-state index in [-0.39, 0.29) is 35.0 Å². The number of sulfone groups is 1. The highest BCUT2D eigenvalue weighted by Crippen LogP contribution is 2.18. The molecular formula is C19H23ClN2O3S. The maximum atomic E-state index is 12.6. The first-order chi connectivity index (χ1) is 12.0. The summed E-state index contributed by atoms with van der Waals surface area (Å²) in [5.41, 5.74) is 1.10. The Labute approximate surface area is 160 Å². The molecule has 0 radical (unpaired) electrons. The van der Waals surface area contributed by atoms with Gasteiger partial charge in [0, 0.05) is 18.2 Å². The molecule has 2 N–H and O–H groups in total. The topological polar surface area (TPSA) is 75.3 Å². The number of carbonyl (C=O) groups excluding carboxylic acids is 1. The molecule has 0 aliphatic carbocycles. The number of hydrogen-bond acceptors (Lipinski definition) is 4. The summed E-state index contributed by atoms with van der Waals surface area (Å²) in [6.07, 6.45) is 1.96. The summed E-state index contributed by atoms with van der Waals surface area (Å²) < 4.78 is 25.2. The molecule has 1 aliphatic rings. The number of benzene rings is 2. The van der Waals surface area contributed by atoms with Gasteiger partial charge in [0.1, 0.15) is 0 Å². The Kier molecular flexibility index (Phi) is 7.20. The van der Waals surface area contributed by atoms with Crippen LogP contribution in [0.3, 0.4) is 0 Å². The molecule has 3 rings (SSSR count). The lowest BCUT2D eigenvalue weighted by molar-refractivity contribution is 0.0930. The molecular weight excluding hydrogens is 372 g/mol. The molecule has 2 aromatic rings. The molecule has 1 amide bonds. The van der Waals surface area contributed by atoms with Crippen molar-refractivity contribution in [2.24, 2.45) is 0 Å². The fourth-order valence-electron chi connectivity index (χ4n) is 2.95. The van der Waals surface area contributed by atoms with Crippen LogP contribution in [0.1, 0.15) is 28.8 Å². The van der Waals surface area contributed by atoms with E-state index in [1.165, 1.54) is 12.1 Å². The smallest absolute Gasteiger partial charge is 0.251 e. The van der Waals surface area contributed by atoms with Crippen LogP contribution in [-0.2, 0) is 15.6 Å². The van der Waals surface area contributed by atoms with Crippen molar-refractivity contribution in [2.45, 2.75) is 29.5 Å². The molecule has 7 heteroatoms. The van der Waals surface area contributed by atoms with Crippen LogP contribution in [-0.4, -0.2) is 33.5 Å². The highest BCUT2D eigenvalue weighted by molar-refractivity contribution is 7.90. The van der Waals surface area contributed by atoms with Crippen LogP contribution in [0.25, 0.3) is 0 Å². The largest absolute Gasteiger partial charge is 0.348 e. The zero-order valence-corrected chi connectivity index (χ0v) is 16.0. The standard InChI is InChI=1S/C19H22N2O3S.ClH/c22-19(21-17-9-5-11-20-13-17)16-8-4-10-18(12-16)25(23,24)14-15-6-2-1-3-7-15;/h1-4,6-8,10,12,17,20H,5,9,11,13-14H2,(H,21,22);1H. The maximum absolute atomic E-state index is 12.6. The van der Waals surface area contributed by atoms with E-state index in [2.05, 4.69) is 10.6 Å². The van der Waals surface area contributed by atoms with Crippen molar-refractivity contribution in [3.8, 4) is 0 Å². The van der Waals surface area contributed by atoms with Gasteiger partial charge in [0.2, 0.25) is 0 Å². The van der Waals surface area contributed by atoms with Crippen molar-refractivity contribution in [1.82, 2.24) is 10.6 Å². The van der Waals surface area contributed by atoms with E-state index < -0.39 is 9.84 Å². The molecule has 26 heavy (non-hydrogen) atoms. The predicted octanol–water partition coefficient (Wildman–Crippen LogP) is 2.56. The van der Waals surface area contributed by atoms with Crippen molar-refractivity contribution in [2.75, 3.05) is 13.1 Å². The third-order valence-corrected chi connectivity index (χ3v) is 5.97. The van der Waals surface area contributed by atoms with Gasteiger partial charge in [-0.1, -0.05) is 36.4 Å². The van der Waals surface area contributed by atoms with Gasteiger partial charge in [0.25, 0.3) is 5.91 Å². The molecule has 2 aromatic carbocycles. The third kappa shape index (κ3) is 5.30. The van der Waals surface area contributed by atoms with Gasteiger partial charge in [0.05, 0.1) is 10.6 Å². The zero-order chi connectivity index (χ0) is 17.7. The van der Waals surface area contributed by atoms with Crippen molar-refractivity contribution in [1.29, 1.82) is 0 Å². The monoisotopic (exact) mass is 394 g/mol. The van der Waals surface area contributed by atoms with Gasteiger partial charge in [-0.05, 0) is 43.1 Å². The number of hydrogen-bond donors (Lipinski definition) is 2. The quantitative estimate of drug-likeness (QED) is 0.817. The van der Waals surface area contributed by atoms with Gasteiger partial charge in [-0.3, -0.25) is 4.79 Å². The average Bonchev–Trinajstić information content (AvgIpc) is 2.63. The van der Waals surface area contributed by atoms with E-state index in [9.17, 15) is 13.2 Å². The number of nitrogens with one attached hydrogen (secondary N) is 2. The van der Waals surface area contributed by atoms with Crippen LogP contribution in [0, 0.1) is 0 Å². The van der Waals surface area contributed by atoms with E-state index in [1.807, 2.05) is 18.2 Å². The van der Waals surface area contributed by atoms with E-state index in [0.717, 1.165) is 31.5 Å². The zero-order valence-electron chi connectivity index (χ0n) is 14.4. The molecule has 0 saturated carbocycles. The summed E-state index contributed by atoms with van der Waals surface area (Å²) in [7, 11) is -3.49. The number of rotatable bonds is 5. The van der Waals surface area contributed by atoms with Gasteiger partial charge in [0.15, 0.2) is 9.84 Å². The van der Waals surface area contributed by atoms with Crippen LogP contribution in [0.5, 0.6) is 0 Å². The fraction of sp³-hybridized carbons (Fsp3) is 0.316.